The van der Waals surface area contributed by atoms with Gasteiger partial charge in [0.05, 0.1) is 0 Å². The molecule has 8 heavy (non-hydrogen) atoms. The Morgan fingerprint density at radius 2 is 0.375 bits per heavy atom. The Balaban J connectivity index is 0. The SMILES string of the molecule is [Fe+3].[In+3].[OH-].[OH-].[OH-].[OH-].[OH-].[OH-]. The van der Waals surface area contributed by atoms with Crippen molar-refractivity contribution < 1.29 is 49.9 Å². The molecule has 0 saturated heterocycles. The van der Waals surface area contributed by atoms with Crippen molar-refractivity contribution in [2.24, 2.45) is 0 Å². The van der Waals surface area contributed by atoms with Crippen molar-refractivity contribution >= 4 is 25.8 Å². The summed E-state index contributed by atoms with van der Waals surface area (Å²) in [6.45, 7) is 0. The number of hydrogen-bond donors (Lipinski definition) is 0. The average molecular weight is 273 g/mol. The summed E-state index contributed by atoms with van der Waals surface area (Å²) in [5.41, 5.74) is 0. The van der Waals surface area contributed by atoms with E-state index in [4.69, 9.17) is 0 Å². The van der Waals surface area contributed by atoms with Crippen molar-refractivity contribution in [3.63, 3.8) is 0 Å². The van der Waals surface area contributed by atoms with Crippen LogP contribution in [-0.4, -0.2) is 58.7 Å². The Kier molecular flexibility index (Phi) is 18100. The van der Waals surface area contributed by atoms with E-state index in [1.807, 2.05) is 0 Å². The maximum atomic E-state index is 0. The minimum Gasteiger partial charge on any atom is -0.870 e. The predicted molar refractivity (Wildman–Crippen MR) is 17.4 cm³/mol. The van der Waals surface area contributed by atoms with Crippen molar-refractivity contribution in [3.05, 3.63) is 0 Å². The minimum absolute atomic E-state index is 0. The molecule has 0 bridgehead atoms. The van der Waals surface area contributed by atoms with Crippen LogP contribution in [-0.2, 0) is 17.1 Å². The van der Waals surface area contributed by atoms with Crippen LogP contribution in [0.5, 0.6) is 0 Å². The monoisotopic (exact) mass is 273 g/mol. The van der Waals surface area contributed by atoms with E-state index in [9.17, 15) is 0 Å². The molecular formula is H6FeInO6. The molecule has 0 aromatic carbocycles. The van der Waals surface area contributed by atoms with Crippen molar-refractivity contribution in [3.8, 4) is 0 Å². The first-order valence-corrected chi connectivity index (χ1v) is 0. The molecule has 0 aliphatic carbocycles. The van der Waals surface area contributed by atoms with Crippen LogP contribution in [0.4, 0.5) is 0 Å². The zero-order chi connectivity index (χ0) is 0. The standard InChI is InChI=1S/Fe.In.6H2O/h;;6*1H2/q2*+3;;;;;;/p-6. The summed E-state index contributed by atoms with van der Waals surface area (Å²) < 4.78 is 0. The van der Waals surface area contributed by atoms with Crippen LogP contribution in [0.2, 0.25) is 0 Å². The van der Waals surface area contributed by atoms with Crippen LogP contribution < -0.4 is 0 Å². The molecule has 0 unspecified atom stereocenters. The first kappa shape index (κ1) is 460. The van der Waals surface area contributed by atoms with E-state index >= 15 is 0 Å². The Labute approximate surface area is 75.8 Å². The van der Waals surface area contributed by atoms with E-state index in [0.29, 0.717) is 0 Å². The van der Waals surface area contributed by atoms with E-state index in [1.165, 1.54) is 0 Å². The summed E-state index contributed by atoms with van der Waals surface area (Å²) in [5, 5.41) is 0. The second-order valence-corrected chi connectivity index (χ2v) is 0. The van der Waals surface area contributed by atoms with Gasteiger partial charge in [-0.15, -0.1) is 0 Å². The van der Waals surface area contributed by atoms with Crippen molar-refractivity contribution in [1.29, 1.82) is 0 Å². The molecule has 6 nitrogen and oxygen atoms in total. The normalized spacial score (nSPS) is 0. The molecule has 0 rings (SSSR count). The Hall–Kier alpha value is 1.15. The van der Waals surface area contributed by atoms with Gasteiger partial charge in [0.1, 0.15) is 0 Å². The van der Waals surface area contributed by atoms with Crippen LogP contribution >= 0.6 is 0 Å². The van der Waals surface area contributed by atoms with Crippen molar-refractivity contribution in [2.45, 2.75) is 0 Å². The third kappa shape index (κ3) is 205. The fourth-order valence-electron chi connectivity index (χ4n) is 0. The van der Waals surface area contributed by atoms with Crippen LogP contribution in [0, 0.1) is 0 Å². The summed E-state index contributed by atoms with van der Waals surface area (Å²) in [5.74, 6) is 0. The van der Waals surface area contributed by atoms with Gasteiger partial charge < -0.3 is 32.9 Å². The van der Waals surface area contributed by atoms with Crippen molar-refractivity contribution in [2.75, 3.05) is 0 Å². The van der Waals surface area contributed by atoms with E-state index in [-0.39, 0.29) is 75.8 Å². The number of hydrogen-bond acceptors (Lipinski definition) is 6. The molecule has 1 radical (unpaired) electrons. The molecule has 0 aliphatic heterocycles. The molecule has 0 amide bonds. The summed E-state index contributed by atoms with van der Waals surface area (Å²) in [6.07, 6.45) is 0. The van der Waals surface area contributed by atoms with Gasteiger partial charge in [-0.3, -0.25) is 0 Å². The van der Waals surface area contributed by atoms with Gasteiger partial charge in [0.2, 0.25) is 0 Å². The average Bonchev–Trinajstić information content (AvgIpc) is 0. The summed E-state index contributed by atoms with van der Waals surface area (Å²) in [7, 11) is 0. The molecule has 0 spiro atoms. The molecule has 0 aliphatic rings. The van der Waals surface area contributed by atoms with Crippen LogP contribution in [0.25, 0.3) is 0 Å². The van der Waals surface area contributed by atoms with Gasteiger partial charge in [0.15, 0.2) is 0 Å². The maximum absolute atomic E-state index is 0. The van der Waals surface area contributed by atoms with Crippen LogP contribution in [0.15, 0.2) is 0 Å². The Morgan fingerprint density at radius 1 is 0.375 bits per heavy atom. The summed E-state index contributed by atoms with van der Waals surface area (Å²) >= 11 is 0. The van der Waals surface area contributed by atoms with Crippen LogP contribution in [0.1, 0.15) is 0 Å². The molecule has 0 atom stereocenters. The van der Waals surface area contributed by atoms with Crippen LogP contribution in [0.3, 0.4) is 0 Å². The van der Waals surface area contributed by atoms with Crippen molar-refractivity contribution in [1.82, 2.24) is 0 Å². The van der Waals surface area contributed by atoms with Gasteiger partial charge in [-0.05, 0) is 0 Å². The maximum Gasteiger partial charge on any atom is 3.00 e. The zero-order valence-electron chi connectivity index (χ0n) is 3.61. The zero-order valence-corrected chi connectivity index (χ0v) is 8.01. The molecule has 0 heterocycles. The van der Waals surface area contributed by atoms with E-state index in [2.05, 4.69) is 0 Å². The summed E-state index contributed by atoms with van der Waals surface area (Å²) in [6, 6.07) is 0. The summed E-state index contributed by atoms with van der Waals surface area (Å²) in [4.78, 5) is 0. The smallest absolute Gasteiger partial charge is 0.870 e. The first-order chi connectivity index (χ1) is 0. The number of rotatable bonds is 0. The molecular weight excluding hydrogens is 267 g/mol. The largest absolute Gasteiger partial charge is 3.00 e. The van der Waals surface area contributed by atoms with Gasteiger partial charge in [-0.2, -0.15) is 0 Å². The fraction of sp³-hybridized carbons (Fsp3) is 0. The molecule has 8 heteroatoms. The third-order valence-electron chi connectivity index (χ3n) is 0. The molecule has 0 fully saturated rings. The van der Waals surface area contributed by atoms with Gasteiger partial charge in [-0.25, -0.2) is 0 Å². The Morgan fingerprint density at radius 3 is 0.375 bits per heavy atom. The fourth-order valence-corrected chi connectivity index (χ4v) is 0. The predicted octanol–water partition coefficient (Wildman–Crippen LogP) is -1.44. The molecule has 6 N–H and O–H groups in total. The van der Waals surface area contributed by atoms with Gasteiger partial charge in [0, 0.05) is 0 Å². The van der Waals surface area contributed by atoms with Gasteiger partial charge >= 0.3 is 42.9 Å². The molecule has 0 aromatic heterocycles. The first-order valence-electron chi connectivity index (χ1n) is 0. The Bertz CT molecular complexity index is 8.49. The quantitative estimate of drug-likeness (QED) is 0.486. The molecule has 0 aromatic rings. The minimum atomic E-state index is 0. The second-order valence-electron chi connectivity index (χ2n) is 0. The van der Waals surface area contributed by atoms with Gasteiger partial charge in [-0.1, -0.05) is 0 Å². The second kappa shape index (κ2) is 315. The molecule has 53 valence electrons. The van der Waals surface area contributed by atoms with Gasteiger partial charge in [0.25, 0.3) is 0 Å². The van der Waals surface area contributed by atoms with E-state index in [1.54, 1.807) is 0 Å². The van der Waals surface area contributed by atoms with E-state index in [0.717, 1.165) is 0 Å². The topological polar surface area (TPSA) is 180 Å². The van der Waals surface area contributed by atoms with E-state index < -0.39 is 0 Å². The molecule has 0 saturated carbocycles. The third-order valence-corrected chi connectivity index (χ3v) is 0.